The van der Waals surface area contributed by atoms with E-state index in [2.05, 4.69) is 10.6 Å². The predicted molar refractivity (Wildman–Crippen MR) is 87.8 cm³/mol. The smallest absolute Gasteiger partial charge is 0.258 e. The highest BCUT2D eigenvalue weighted by Gasteiger charge is 2.15. The Balaban J connectivity index is 1.71. The molecule has 0 aromatic heterocycles. The van der Waals surface area contributed by atoms with Crippen LogP contribution in [0, 0.1) is 0 Å². The number of carbonyl (C=O) groups excluding carboxylic acids is 2. The van der Waals surface area contributed by atoms with E-state index in [-0.39, 0.29) is 18.4 Å². The molecule has 23 heavy (non-hydrogen) atoms. The monoisotopic (exact) mass is 312 g/mol. The van der Waals surface area contributed by atoms with Gasteiger partial charge in [-0.2, -0.15) is 0 Å². The Hall–Kier alpha value is -2.82. The maximum Gasteiger partial charge on any atom is 0.258 e. The van der Waals surface area contributed by atoms with Gasteiger partial charge in [0.15, 0.2) is 6.61 Å². The van der Waals surface area contributed by atoms with Crippen LogP contribution in [0.1, 0.15) is 12.5 Å². The molecule has 0 saturated heterocycles. The summed E-state index contributed by atoms with van der Waals surface area (Å²) in [5.74, 6) is 0.0435. The molecule has 5 nitrogen and oxygen atoms in total. The highest BCUT2D eigenvalue weighted by Crippen LogP contribution is 2.07. The van der Waals surface area contributed by atoms with Crippen LogP contribution < -0.4 is 15.4 Å². The van der Waals surface area contributed by atoms with E-state index in [0.717, 1.165) is 5.56 Å². The maximum absolute atomic E-state index is 12.0. The molecule has 1 unspecified atom stereocenters. The fraction of sp³-hybridized carbons (Fsp3) is 0.222. The normalized spacial score (nSPS) is 11.3. The summed E-state index contributed by atoms with van der Waals surface area (Å²) in [6.45, 7) is 1.95. The van der Waals surface area contributed by atoms with Gasteiger partial charge in [0, 0.05) is 6.54 Å². The molecule has 0 spiro atoms. The van der Waals surface area contributed by atoms with E-state index in [0.29, 0.717) is 12.3 Å². The van der Waals surface area contributed by atoms with Crippen molar-refractivity contribution < 1.29 is 14.3 Å². The van der Waals surface area contributed by atoms with E-state index < -0.39 is 6.04 Å². The molecule has 2 rings (SSSR count). The van der Waals surface area contributed by atoms with Crippen LogP contribution in [0.5, 0.6) is 5.75 Å². The highest BCUT2D eigenvalue weighted by molar-refractivity contribution is 5.87. The summed E-state index contributed by atoms with van der Waals surface area (Å²) in [5.41, 5.74) is 1.01. The molecule has 2 N–H and O–H groups in total. The lowest BCUT2D eigenvalue weighted by atomic mass is 10.2. The first kappa shape index (κ1) is 16.5. The second-order valence-corrected chi connectivity index (χ2v) is 5.09. The quantitative estimate of drug-likeness (QED) is 0.820. The summed E-state index contributed by atoms with van der Waals surface area (Å²) in [4.78, 5) is 23.7. The SMILES string of the molecule is CC(NC(=O)COc1ccccc1)C(=O)NCc1ccccc1. The zero-order chi connectivity index (χ0) is 16.5. The number of ether oxygens (including phenoxy) is 1. The Morgan fingerprint density at radius 3 is 2.26 bits per heavy atom. The summed E-state index contributed by atoms with van der Waals surface area (Å²) >= 11 is 0. The number of para-hydroxylation sites is 1. The molecular formula is C18H20N2O3. The van der Waals surface area contributed by atoms with Crippen molar-refractivity contribution >= 4 is 11.8 Å². The summed E-state index contributed by atoms with van der Waals surface area (Å²) in [6, 6.07) is 18.0. The first-order valence-corrected chi connectivity index (χ1v) is 7.44. The summed E-state index contributed by atoms with van der Waals surface area (Å²) in [7, 11) is 0. The van der Waals surface area contributed by atoms with Crippen molar-refractivity contribution in [1.82, 2.24) is 10.6 Å². The van der Waals surface area contributed by atoms with E-state index >= 15 is 0 Å². The minimum atomic E-state index is -0.620. The van der Waals surface area contributed by atoms with E-state index in [1.807, 2.05) is 48.5 Å². The number of hydrogen-bond acceptors (Lipinski definition) is 3. The zero-order valence-corrected chi connectivity index (χ0v) is 13.0. The van der Waals surface area contributed by atoms with Gasteiger partial charge in [0.25, 0.3) is 5.91 Å². The summed E-state index contributed by atoms with van der Waals surface area (Å²) in [5, 5.41) is 5.39. The molecule has 2 aromatic carbocycles. The summed E-state index contributed by atoms with van der Waals surface area (Å²) in [6.07, 6.45) is 0. The minimum absolute atomic E-state index is 0.125. The lowest BCUT2D eigenvalue weighted by Crippen LogP contribution is -2.46. The van der Waals surface area contributed by atoms with Crippen molar-refractivity contribution in [2.45, 2.75) is 19.5 Å². The fourth-order valence-corrected chi connectivity index (χ4v) is 1.95. The van der Waals surface area contributed by atoms with Crippen molar-refractivity contribution in [3.63, 3.8) is 0 Å². The highest BCUT2D eigenvalue weighted by atomic mass is 16.5. The Labute approximate surface area is 135 Å². The number of benzene rings is 2. The van der Waals surface area contributed by atoms with Crippen LogP contribution in [-0.2, 0) is 16.1 Å². The molecule has 0 radical (unpaired) electrons. The van der Waals surface area contributed by atoms with Crippen LogP contribution in [-0.4, -0.2) is 24.5 Å². The Morgan fingerprint density at radius 1 is 1.00 bits per heavy atom. The number of nitrogens with one attached hydrogen (secondary N) is 2. The van der Waals surface area contributed by atoms with Crippen molar-refractivity contribution in [2.75, 3.05) is 6.61 Å². The second kappa shape index (κ2) is 8.58. The van der Waals surface area contributed by atoms with E-state index in [1.54, 1.807) is 19.1 Å². The number of carbonyl (C=O) groups is 2. The van der Waals surface area contributed by atoms with Gasteiger partial charge in [0.05, 0.1) is 0 Å². The molecular weight excluding hydrogens is 292 g/mol. The van der Waals surface area contributed by atoms with E-state index in [1.165, 1.54) is 0 Å². The van der Waals surface area contributed by atoms with Crippen LogP contribution in [0.4, 0.5) is 0 Å². The first-order chi connectivity index (χ1) is 11.1. The van der Waals surface area contributed by atoms with Crippen molar-refractivity contribution in [1.29, 1.82) is 0 Å². The molecule has 5 heteroatoms. The third-order valence-electron chi connectivity index (χ3n) is 3.19. The topological polar surface area (TPSA) is 67.4 Å². The lowest BCUT2D eigenvalue weighted by molar-refractivity contribution is -0.129. The van der Waals surface area contributed by atoms with Gasteiger partial charge in [0.1, 0.15) is 11.8 Å². The molecule has 0 saturated carbocycles. The molecule has 0 aliphatic heterocycles. The van der Waals surface area contributed by atoms with E-state index in [9.17, 15) is 9.59 Å². The Morgan fingerprint density at radius 2 is 1.61 bits per heavy atom. The lowest BCUT2D eigenvalue weighted by Gasteiger charge is -2.14. The predicted octanol–water partition coefficient (Wildman–Crippen LogP) is 1.89. The third-order valence-corrected chi connectivity index (χ3v) is 3.19. The minimum Gasteiger partial charge on any atom is -0.484 e. The fourth-order valence-electron chi connectivity index (χ4n) is 1.95. The largest absolute Gasteiger partial charge is 0.484 e. The average Bonchev–Trinajstić information content (AvgIpc) is 2.59. The average molecular weight is 312 g/mol. The van der Waals surface area contributed by atoms with Gasteiger partial charge in [-0.25, -0.2) is 0 Å². The number of amides is 2. The number of hydrogen-bond donors (Lipinski definition) is 2. The molecule has 120 valence electrons. The maximum atomic E-state index is 12.0. The molecule has 0 heterocycles. The van der Waals surface area contributed by atoms with Gasteiger partial charge in [-0.05, 0) is 24.6 Å². The Kier molecular flexibility index (Phi) is 6.17. The van der Waals surface area contributed by atoms with Crippen LogP contribution in [0.2, 0.25) is 0 Å². The van der Waals surface area contributed by atoms with Crippen molar-refractivity contribution in [2.24, 2.45) is 0 Å². The molecule has 0 aliphatic rings. The van der Waals surface area contributed by atoms with Gasteiger partial charge in [-0.1, -0.05) is 48.5 Å². The summed E-state index contributed by atoms with van der Waals surface area (Å²) < 4.78 is 5.33. The first-order valence-electron chi connectivity index (χ1n) is 7.44. The van der Waals surface area contributed by atoms with Gasteiger partial charge in [0.2, 0.25) is 5.91 Å². The van der Waals surface area contributed by atoms with Gasteiger partial charge >= 0.3 is 0 Å². The van der Waals surface area contributed by atoms with Crippen molar-refractivity contribution in [3.8, 4) is 5.75 Å². The molecule has 0 aliphatic carbocycles. The van der Waals surface area contributed by atoms with Gasteiger partial charge < -0.3 is 15.4 Å². The van der Waals surface area contributed by atoms with Gasteiger partial charge in [-0.3, -0.25) is 9.59 Å². The standard InChI is InChI=1S/C18H20N2O3/c1-14(18(22)19-12-15-8-4-2-5-9-15)20-17(21)13-23-16-10-6-3-7-11-16/h2-11,14H,12-13H2,1H3,(H,19,22)(H,20,21). The number of rotatable bonds is 7. The molecule has 0 bridgehead atoms. The molecule has 2 amide bonds. The second-order valence-electron chi connectivity index (χ2n) is 5.09. The van der Waals surface area contributed by atoms with Crippen LogP contribution in [0.15, 0.2) is 60.7 Å². The van der Waals surface area contributed by atoms with Crippen LogP contribution in [0.3, 0.4) is 0 Å². The van der Waals surface area contributed by atoms with Gasteiger partial charge in [-0.15, -0.1) is 0 Å². The van der Waals surface area contributed by atoms with Crippen LogP contribution in [0.25, 0.3) is 0 Å². The Bertz CT molecular complexity index is 629. The zero-order valence-electron chi connectivity index (χ0n) is 13.0. The third kappa shape index (κ3) is 5.82. The van der Waals surface area contributed by atoms with E-state index in [4.69, 9.17) is 4.74 Å². The van der Waals surface area contributed by atoms with Crippen molar-refractivity contribution in [3.05, 3.63) is 66.2 Å². The molecule has 0 fully saturated rings. The molecule has 2 aromatic rings. The molecule has 1 atom stereocenters. The van der Waals surface area contributed by atoms with Crippen LogP contribution >= 0.6 is 0 Å².